The van der Waals surface area contributed by atoms with Crippen molar-refractivity contribution in [2.24, 2.45) is 0 Å². The molecule has 70 valence electrons. The van der Waals surface area contributed by atoms with Crippen LogP contribution in [-0.4, -0.2) is 12.0 Å². The summed E-state index contributed by atoms with van der Waals surface area (Å²) >= 11 is 1.71. The lowest BCUT2D eigenvalue weighted by molar-refractivity contribution is 0.101. The first-order chi connectivity index (χ1) is 6.06. The van der Waals surface area contributed by atoms with Crippen molar-refractivity contribution in [3.63, 3.8) is 0 Å². The minimum absolute atomic E-state index is 0.155. The number of rotatable bonds is 2. The molecule has 0 bridgehead atoms. The monoisotopic (exact) mass is 194 g/mol. The molecule has 0 saturated heterocycles. The smallest absolute Gasteiger partial charge is 0.160 e. The quantitative estimate of drug-likeness (QED) is 0.531. The minimum atomic E-state index is 0.155. The van der Waals surface area contributed by atoms with Gasteiger partial charge in [0.1, 0.15) is 0 Å². The van der Waals surface area contributed by atoms with Crippen LogP contribution in [0.4, 0.5) is 0 Å². The lowest BCUT2D eigenvalue weighted by Gasteiger charge is -2.08. The molecule has 0 saturated carbocycles. The van der Waals surface area contributed by atoms with E-state index >= 15 is 0 Å². The first-order valence-corrected chi connectivity index (χ1v) is 5.45. The molecule has 0 atom stereocenters. The van der Waals surface area contributed by atoms with Crippen molar-refractivity contribution in [1.29, 1.82) is 0 Å². The van der Waals surface area contributed by atoms with Crippen molar-refractivity contribution in [2.45, 2.75) is 25.7 Å². The Bertz CT molecular complexity index is 319. The molecule has 1 aromatic carbocycles. The molecule has 0 N–H and O–H groups in total. The Kier molecular flexibility index (Phi) is 3.15. The number of hydrogen-bond donors (Lipinski definition) is 0. The maximum absolute atomic E-state index is 11.3. The van der Waals surface area contributed by atoms with Crippen LogP contribution in [0.2, 0.25) is 0 Å². The van der Waals surface area contributed by atoms with Gasteiger partial charge < -0.3 is 0 Å². The molecule has 0 unspecified atom stereocenters. The molecule has 1 aromatic rings. The molecule has 0 spiro atoms. The van der Waals surface area contributed by atoms with Crippen molar-refractivity contribution >= 4 is 17.5 Å². The predicted molar refractivity (Wildman–Crippen MR) is 57.7 cm³/mol. The Morgan fingerprint density at radius 1 is 1.23 bits per heavy atom. The normalized spacial score (nSPS) is 10.2. The van der Waals surface area contributed by atoms with Gasteiger partial charge in [0.2, 0.25) is 0 Å². The summed E-state index contributed by atoms with van der Waals surface area (Å²) in [5.41, 5.74) is 3.03. The van der Waals surface area contributed by atoms with Crippen LogP contribution in [0, 0.1) is 13.8 Å². The molecule has 0 radical (unpaired) electrons. The molecule has 2 heteroatoms. The van der Waals surface area contributed by atoms with Gasteiger partial charge in [0.25, 0.3) is 0 Å². The van der Waals surface area contributed by atoms with E-state index in [1.807, 2.05) is 20.1 Å². The summed E-state index contributed by atoms with van der Waals surface area (Å²) in [6.45, 7) is 5.60. The molecule has 0 heterocycles. The average Bonchev–Trinajstić information content (AvgIpc) is 2.02. The van der Waals surface area contributed by atoms with Crippen LogP contribution in [0.5, 0.6) is 0 Å². The second kappa shape index (κ2) is 3.97. The van der Waals surface area contributed by atoms with Crippen molar-refractivity contribution in [1.82, 2.24) is 0 Å². The summed E-state index contributed by atoms with van der Waals surface area (Å²) < 4.78 is 0. The average molecular weight is 194 g/mol. The van der Waals surface area contributed by atoms with E-state index in [9.17, 15) is 4.79 Å². The Balaban J connectivity index is 3.31. The molecule has 0 fully saturated rings. The van der Waals surface area contributed by atoms with Crippen LogP contribution >= 0.6 is 11.8 Å². The standard InChI is InChI=1S/C11H14OS/c1-7-5-10(13-4)6-8(2)11(7)9(3)12/h5-6H,1-4H3. The van der Waals surface area contributed by atoms with E-state index in [4.69, 9.17) is 0 Å². The van der Waals surface area contributed by atoms with Gasteiger partial charge in [0.05, 0.1) is 0 Å². The third-order valence-electron chi connectivity index (χ3n) is 2.09. The number of aryl methyl sites for hydroxylation is 2. The Hall–Kier alpha value is -0.760. The van der Waals surface area contributed by atoms with E-state index < -0.39 is 0 Å². The molecule has 0 amide bonds. The molecule has 0 aliphatic rings. The maximum atomic E-state index is 11.3. The predicted octanol–water partition coefficient (Wildman–Crippen LogP) is 3.23. The first kappa shape index (κ1) is 10.3. The van der Waals surface area contributed by atoms with E-state index in [-0.39, 0.29) is 5.78 Å². The zero-order chi connectivity index (χ0) is 10.0. The Labute approximate surface area is 83.5 Å². The molecule has 0 aliphatic carbocycles. The lowest BCUT2D eigenvalue weighted by Crippen LogP contribution is -1.99. The van der Waals surface area contributed by atoms with Crippen LogP contribution in [0.3, 0.4) is 0 Å². The fraction of sp³-hybridized carbons (Fsp3) is 0.364. The summed E-state index contributed by atoms with van der Waals surface area (Å²) in [4.78, 5) is 12.5. The van der Waals surface area contributed by atoms with Gasteiger partial charge in [0, 0.05) is 10.5 Å². The van der Waals surface area contributed by atoms with Crippen molar-refractivity contribution in [2.75, 3.05) is 6.26 Å². The van der Waals surface area contributed by atoms with E-state index in [2.05, 4.69) is 12.1 Å². The van der Waals surface area contributed by atoms with Crippen molar-refractivity contribution in [3.8, 4) is 0 Å². The van der Waals surface area contributed by atoms with Crippen molar-refractivity contribution in [3.05, 3.63) is 28.8 Å². The van der Waals surface area contributed by atoms with Crippen LogP contribution < -0.4 is 0 Å². The molecule has 0 aromatic heterocycles. The van der Waals surface area contributed by atoms with E-state index in [1.165, 1.54) is 4.90 Å². The molecule has 0 aliphatic heterocycles. The van der Waals surface area contributed by atoms with Gasteiger partial charge in [-0.3, -0.25) is 4.79 Å². The summed E-state index contributed by atoms with van der Waals surface area (Å²) in [5, 5.41) is 0. The molecule has 1 rings (SSSR count). The second-order valence-electron chi connectivity index (χ2n) is 3.19. The van der Waals surface area contributed by atoms with Crippen LogP contribution in [-0.2, 0) is 0 Å². The van der Waals surface area contributed by atoms with Crippen LogP contribution in [0.1, 0.15) is 28.4 Å². The number of benzene rings is 1. The highest BCUT2D eigenvalue weighted by Crippen LogP contribution is 2.22. The third-order valence-corrected chi connectivity index (χ3v) is 2.80. The summed E-state index contributed by atoms with van der Waals surface area (Å²) in [6.07, 6.45) is 2.04. The van der Waals surface area contributed by atoms with Gasteiger partial charge in [-0.15, -0.1) is 11.8 Å². The highest BCUT2D eigenvalue weighted by molar-refractivity contribution is 7.98. The summed E-state index contributed by atoms with van der Waals surface area (Å²) in [7, 11) is 0. The largest absolute Gasteiger partial charge is 0.294 e. The van der Waals surface area contributed by atoms with Crippen LogP contribution in [0.15, 0.2) is 17.0 Å². The topological polar surface area (TPSA) is 17.1 Å². The van der Waals surface area contributed by atoms with E-state index in [0.29, 0.717) is 0 Å². The number of carbonyl (C=O) groups is 1. The van der Waals surface area contributed by atoms with Gasteiger partial charge in [0.15, 0.2) is 5.78 Å². The first-order valence-electron chi connectivity index (χ1n) is 4.22. The van der Waals surface area contributed by atoms with Crippen molar-refractivity contribution < 1.29 is 4.79 Å². The third kappa shape index (κ3) is 2.13. The highest BCUT2D eigenvalue weighted by atomic mass is 32.2. The maximum Gasteiger partial charge on any atom is 0.160 e. The zero-order valence-electron chi connectivity index (χ0n) is 8.47. The van der Waals surface area contributed by atoms with Crippen LogP contribution in [0.25, 0.3) is 0 Å². The molecule has 13 heavy (non-hydrogen) atoms. The van der Waals surface area contributed by atoms with Gasteiger partial charge in [-0.05, 0) is 50.3 Å². The number of carbonyl (C=O) groups excluding carboxylic acids is 1. The Morgan fingerprint density at radius 2 is 1.69 bits per heavy atom. The molecular weight excluding hydrogens is 180 g/mol. The summed E-state index contributed by atoms with van der Waals surface area (Å²) in [6, 6.07) is 4.13. The van der Waals surface area contributed by atoms with E-state index in [0.717, 1.165) is 16.7 Å². The van der Waals surface area contributed by atoms with E-state index in [1.54, 1.807) is 18.7 Å². The Morgan fingerprint density at radius 3 is 2.00 bits per heavy atom. The van der Waals surface area contributed by atoms with Gasteiger partial charge in [-0.1, -0.05) is 0 Å². The number of ketones is 1. The van der Waals surface area contributed by atoms with Gasteiger partial charge in [-0.25, -0.2) is 0 Å². The second-order valence-corrected chi connectivity index (χ2v) is 4.07. The number of hydrogen-bond acceptors (Lipinski definition) is 2. The molecule has 1 nitrogen and oxygen atoms in total. The fourth-order valence-electron chi connectivity index (χ4n) is 1.60. The van der Waals surface area contributed by atoms with Gasteiger partial charge in [-0.2, -0.15) is 0 Å². The lowest BCUT2D eigenvalue weighted by atomic mass is 10.0. The SMILES string of the molecule is CSc1cc(C)c(C(C)=O)c(C)c1. The zero-order valence-corrected chi connectivity index (χ0v) is 9.29. The number of thioether (sulfide) groups is 1. The fourth-order valence-corrected chi connectivity index (χ4v) is 2.19. The number of Topliss-reactive ketones (excluding diaryl/α,β-unsaturated/α-hetero) is 1. The highest BCUT2D eigenvalue weighted by Gasteiger charge is 2.08. The summed E-state index contributed by atoms with van der Waals surface area (Å²) in [5.74, 6) is 0.155. The molecular formula is C11H14OS. The van der Waals surface area contributed by atoms with Gasteiger partial charge >= 0.3 is 0 Å². The minimum Gasteiger partial charge on any atom is -0.294 e.